The number of Topliss-reactive ketones (excluding diaryl/α,β-unsaturated/α-hetero) is 1. The maximum atomic E-state index is 12.7. The molecule has 1 unspecified atom stereocenters. The van der Waals surface area contributed by atoms with Crippen molar-refractivity contribution in [2.45, 2.75) is 51.9 Å². The normalized spacial score (nSPS) is 12.0. The summed E-state index contributed by atoms with van der Waals surface area (Å²) in [5.74, 6) is -1.13. The summed E-state index contributed by atoms with van der Waals surface area (Å²) in [6.07, 6.45) is -0.000742. The van der Waals surface area contributed by atoms with Crippen molar-refractivity contribution in [1.82, 2.24) is 5.32 Å². The first-order valence-corrected chi connectivity index (χ1v) is 11.7. The molecule has 0 fully saturated rings. The number of hydrogen-bond donors (Lipinski definition) is 2. The second-order valence-electron chi connectivity index (χ2n) is 8.65. The highest BCUT2D eigenvalue weighted by molar-refractivity contribution is 9.10. The zero-order chi connectivity index (χ0) is 25.1. The van der Waals surface area contributed by atoms with E-state index in [2.05, 4.69) is 21.2 Å². The molecule has 1 atom stereocenters. The predicted molar refractivity (Wildman–Crippen MR) is 132 cm³/mol. The number of ether oxygens (including phenoxy) is 3. The molecular formula is C25H31BrN2O6. The van der Waals surface area contributed by atoms with Gasteiger partial charge < -0.3 is 25.3 Å². The molecule has 0 aliphatic heterocycles. The van der Waals surface area contributed by atoms with Gasteiger partial charge in [-0.3, -0.25) is 4.79 Å². The van der Waals surface area contributed by atoms with Crippen LogP contribution in [-0.4, -0.2) is 42.7 Å². The Kier molecular flexibility index (Phi) is 10.5. The molecule has 8 nitrogen and oxygen atoms in total. The first-order chi connectivity index (χ1) is 16.0. The topological polar surface area (TPSA) is 117 Å². The summed E-state index contributed by atoms with van der Waals surface area (Å²) in [5.41, 5.74) is 6.84. The van der Waals surface area contributed by atoms with Crippen LogP contribution in [0.4, 0.5) is 10.5 Å². The molecule has 0 saturated carbocycles. The molecule has 184 valence electrons. The van der Waals surface area contributed by atoms with Crippen molar-refractivity contribution < 1.29 is 28.6 Å². The molecule has 9 heteroatoms. The van der Waals surface area contributed by atoms with Gasteiger partial charge in [0.05, 0.1) is 6.61 Å². The highest BCUT2D eigenvalue weighted by Crippen LogP contribution is 2.20. The van der Waals surface area contributed by atoms with Crippen LogP contribution in [0, 0.1) is 0 Å². The van der Waals surface area contributed by atoms with Gasteiger partial charge in [0.1, 0.15) is 11.6 Å². The summed E-state index contributed by atoms with van der Waals surface area (Å²) < 4.78 is 16.6. The monoisotopic (exact) mass is 534 g/mol. The van der Waals surface area contributed by atoms with Gasteiger partial charge in [-0.05, 0) is 73.3 Å². The fourth-order valence-corrected chi connectivity index (χ4v) is 3.54. The summed E-state index contributed by atoms with van der Waals surface area (Å²) in [7, 11) is 0. The molecule has 0 aliphatic rings. The van der Waals surface area contributed by atoms with Gasteiger partial charge >= 0.3 is 12.1 Å². The Labute approximate surface area is 208 Å². The lowest BCUT2D eigenvalue weighted by Gasteiger charge is -2.23. The Morgan fingerprint density at radius 1 is 1.09 bits per heavy atom. The highest BCUT2D eigenvalue weighted by Gasteiger charge is 2.26. The standard InChI is InChI=1S/C25H31BrN2O6/c1-25(2,3)34-24(31)28-21(10-7-13-32-15-17-8-5-4-6-9-17)23(30)33-16-22(29)19-12-11-18(27)14-20(19)26/h4-6,8-9,11-12,14,21H,7,10,13,15-16,27H2,1-3H3,(H,28,31). The SMILES string of the molecule is CC(C)(C)OC(=O)NC(CCCOCc1ccccc1)C(=O)OCC(=O)c1ccc(N)cc1Br. The first-order valence-electron chi connectivity index (χ1n) is 10.9. The summed E-state index contributed by atoms with van der Waals surface area (Å²) in [4.78, 5) is 37.4. The van der Waals surface area contributed by atoms with E-state index in [0.29, 0.717) is 35.4 Å². The van der Waals surface area contributed by atoms with Crippen LogP contribution in [0.1, 0.15) is 49.5 Å². The van der Waals surface area contributed by atoms with Crippen molar-refractivity contribution in [3.05, 3.63) is 64.1 Å². The van der Waals surface area contributed by atoms with Crippen molar-refractivity contribution in [2.75, 3.05) is 18.9 Å². The first kappa shape index (κ1) is 27.3. The van der Waals surface area contributed by atoms with Crippen LogP contribution >= 0.6 is 15.9 Å². The Morgan fingerprint density at radius 3 is 2.44 bits per heavy atom. The minimum atomic E-state index is -0.988. The molecular weight excluding hydrogens is 504 g/mol. The van der Waals surface area contributed by atoms with E-state index in [0.717, 1.165) is 5.56 Å². The maximum Gasteiger partial charge on any atom is 0.408 e. The van der Waals surface area contributed by atoms with Crippen LogP contribution in [0.5, 0.6) is 0 Å². The number of benzene rings is 2. The van der Waals surface area contributed by atoms with Crippen LogP contribution in [0.3, 0.4) is 0 Å². The number of ketones is 1. The number of anilines is 1. The van der Waals surface area contributed by atoms with Crippen molar-refractivity contribution in [3.63, 3.8) is 0 Å². The van der Waals surface area contributed by atoms with Crippen molar-refractivity contribution in [2.24, 2.45) is 0 Å². The Bertz CT molecular complexity index is 975. The summed E-state index contributed by atoms with van der Waals surface area (Å²) in [6.45, 7) is 5.52. The highest BCUT2D eigenvalue weighted by atomic mass is 79.9. The van der Waals surface area contributed by atoms with Crippen LogP contribution in [0.15, 0.2) is 53.0 Å². The van der Waals surface area contributed by atoms with E-state index in [4.69, 9.17) is 19.9 Å². The summed E-state index contributed by atoms with van der Waals surface area (Å²) >= 11 is 3.28. The van der Waals surface area contributed by atoms with E-state index < -0.39 is 36.1 Å². The third-order valence-electron chi connectivity index (χ3n) is 4.51. The molecule has 1 amide bonds. The van der Waals surface area contributed by atoms with E-state index in [1.165, 1.54) is 0 Å². The van der Waals surface area contributed by atoms with Crippen LogP contribution in [0.25, 0.3) is 0 Å². The fraction of sp³-hybridized carbons (Fsp3) is 0.400. The van der Waals surface area contributed by atoms with Crippen molar-refractivity contribution in [3.8, 4) is 0 Å². The fourth-order valence-electron chi connectivity index (χ4n) is 2.93. The van der Waals surface area contributed by atoms with Gasteiger partial charge in [0.15, 0.2) is 6.61 Å². The van der Waals surface area contributed by atoms with E-state index >= 15 is 0 Å². The van der Waals surface area contributed by atoms with Gasteiger partial charge in [0, 0.05) is 22.3 Å². The number of carbonyl (C=O) groups excluding carboxylic acids is 3. The number of hydrogen-bond acceptors (Lipinski definition) is 7. The zero-order valence-corrected chi connectivity index (χ0v) is 21.2. The van der Waals surface area contributed by atoms with Crippen LogP contribution in [-0.2, 0) is 25.6 Å². The van der Waals surface area contributed by atoms with Gasteiger partial charge in [-0.1, -0.05) is 30.3 Å². The third kappa shape index (κ3) is 9.93. The lowest BCUT2D eigenvalue weighted by molar-refractivity contribution is -0.145. The molecule has 2 aromatic carbocycles. The van der Waals surface area contributed by atoms with Gasteiger partial charge in [0.2, 0.25) is 5.78 Å². The number of nitrogens with one attached hydrogen (secondary N) is 1. The lowest BCUT2D eigenvalue weighted by Crippen LogP contribution is -2.44. The number of esters is 1. The molecule has 0 aliphatic carbocycles. The van der Waals surface area contributed by atoms with Crippen molar-refractivity contribution >= 4 is 39.5 Å². The number of nitrogens with two attached hydrogens (primary N) is 1. The Hall–Kier alpha value is -2.91. The molecule has 34 heavy (non-hydrogen) atoms. The number of halogens is 1. The van der Waals surface area contributed by atoms with E-state index in [9.17, 15) is 14.4 Å². The lowest BCUT2D eigenvalue weighted by atomic mass is 10.1. The molecule has 0 radical (unpaired) electrons. The van der Waals surface area contributed by atoms with Crippen LogP contribution < -0.4 is 11.1 Å². The average molecular weight is 535 g/mol. The molecule has 2 rings (SSSR count). The predicted octanol–water partition coefficient (Wildman–Crippen LogP) is 4.65. The quantitative estimate of drug-likeness (QED) is 0.186. The molecule has 0 bridgehead atoms. The molecule has 0 aromatic heterocycles. The van der Waals surface area contributed by atoms with Crippen LogP contribution in [0.2, 0.25) is 0 Å². The smallest absolute Gasteiger partial charge is 0.408 e. The molecule has 0 saturated heterocycles. The van der Waals surface area contributed by atoms with E-state index in [1.54, 1.807) is 39.0 Å². The number of amides is 1. The van der Waals surface area contributed by atoms with Gasteiger partial charge in [-0.25, -0.2) is 9.59 Å². The summed E-state index contributed by atoms with van der Waals surface area (Å²) in [5, 5.41) is 2.54. The molecule has 2 aromatic rings. The second kappa shape index (κ2) is 13.1. The third-order valence-corrected chi connectivity index (χ3v) is 5.16. The van der Waals surface area contributed by atoms with Gasteiger partial charge in [0.25, 0.3) is 0 Å². The maximum absolute atomic E-state index is 12.7. The Balaban J connectivity index is 1.91. The second-order valence-corrected chi connectivity index (χ2v) is 9.50. The van der Waals surface area contributed by atoms with E-state index in [-0.39, 0.29) is 6.42 Å². The number of nitrogen functional groups attached to an aromatic ring is 1. The largest absolute Gasteiger partial charge is 0.456 e. The minimum Gasteiger partial charge on any atom is -0.456 e. The number of alkyl carbamates (subject to hydrolysis) is 1. The molecule has 0 spiro atoms. The number of rotatable bonds is 11. The minimum absolute atomic E-state index is 0.257. The van der Waals surface area contributed by atoms with Gasteiger partial charge in [-0.2, -0.15) is 0 Å². The Morgan fingerprint density at radius 2 is 1.79 bits per heavy atom. The van der Waals surface area contributed by atoms with E-state index in [1.807, 2.05) is 30.3 Å². The molecule has 3 N–H and O–H groups in total. The molecule has 0 heterocycles. The van der Waals surface area contributed by atoms with Gasteiger partial charge in [-0.15, -0.1) is 0 Å². The number of carbonyl (C=O) groups is 3. The zero-order valence-electron chi connectivity index (χ0n) is 19.6. The average Bonchev–Trinajstić information content (AvgIpc) is 2.75. The summed E-state index contributed by atoms with van der Waals surface area (Å²) in [6, 6.07) is 13.5. The van der Waals surface area contributed by atoms with Crippen molar-refractivity contribution in [1.29, 1.82) is 0 Å².